The van der Waals surface area contributed by atoms with Gasteiger partial charge in [-0.15, -0.1) is 0 Å². The van der Waals surface area contributed by atoms with Crippen molar-refractivity contribution in [1.82, 2.24) is 19.1 Å². The highest BCUT2D eigenvalue weighted by atomic mass is 15.0. The zero-order valence-electron chi connectivity index (χ0n) is 23.6. The second-order valence-electron chi connectivity index (χ2n) is 11.5. The van der Waals surface area contributed by atoms with Crippen molar-refractivity contribution in [3.05, 3.63) is 146 Å². The molecule has 0 unspecified atom stereocenters. The summed E-state index contributed by atoms with van der Waals surface area (Å²) in [5.74, 6) is 0. The van der Waals surface area contributed by atoms with Gasteiger partial charge in [-0.05, 0) is 59.3 Å². The zero-order valence-corrected chi connectivity index (χ0v) is 23.6. The summed E-state index contributed by atoms with van der Waals surface area (Å²) in [4.78, 5) is 9.66. The molecule has 0 aliphatic rings. The average molecular weight is 561 g/mol. The van der Waals surface area contributed by atoms with Crippen LogP contribution in [0, 0.1) is 0 Å². The highest BCUT2D eigenvalue weighted by Crippen LogP contribution is 2.39. The zero-order chi connectivity index (χ0) is 28.8. The molecule has 0 saturated carbocycles. The summed E-state index contributed by atoms with van der Waals surface area (Å²) in [6.45, 7) is 0. The number of hydrogen-bond donors (Lipinski definition) is 0. The number of para-hydroxylation sites is 4. The lowest BCUT2D eigenvalue weighted by Crippen LogP contribution is -1.97. The molecule has 3 aromatic heterocycles. The third kappa shape index (κ3) is 3.11. The fourth-order valence-corrected chi connectivity index (χ4v) is 7.33. The van der Waals surface area contributed by atoms with Gasteiger partial charge in [0, 0.05) is 56.1 Å². The topological polar surface area (TPSA) is 35.6 Å². The number of benzene rings is 7. The molecule has 0 atom stereocenters. The second kappa shape index (κ2) is 8.76. The Kier molecular flexibility index (Phi) is 4.69. The van der Waals surface area contributed by atoms with Crippen molar-refractivity contribution >= 4 is 76.2 Å². The molecule has 0 aliphatic heterocycles. The van der Waals surface area contributed by atoms with E-state index in [9.17, 15) is 0 Å². The Morgan fingerprint density at radius 1 is 0.318 bits per heavy atom. The molecule has 0 radical (unpaired) electrons. The lowest BCUT2D eigenvalue weighted by atomic mass is 9.98. The summed E-state index contributed by atoms with van der Waals surface area (Å²) in [6, 6.07) is 48.2. The van der Waals surface area contributed by atoms with Gasteiger partial charge in [0.25, 0.3) is 0 Å². The first kappa shape index (κ1) is 23.6. The first-order chi connectivity index (χ1) is 21.8. The molecule has 0 amide bonds. The molecule has 0 spiro atoms. The molecule has 10 aromatic rings. The Hall–Kier alpha value is -6.00. The van der Waals surface area contributed by atoms with Crippen LogP contribution in [0.15, 0.2) is 146 Å². The minimum absolute atomic E-state index is 0.924. The number of nitrogens with zero attached hydrogens (tertiary/aromatic N) is 4. The van der Waals surface area contributed by atoms with E-state index in [1.54, 1.807) is 12.4 Å². The molecule has 3 heterocycles. The van der Waals surface area contributed by atoms with Gasteiger partial charge in [-0.3, -0.25) is 9.97 Å². The highest BCUT2D eigenvalue weighted by Gasteiger charge is 2.17. The van der Waals surface area contributed by atoms with Gasteiger partial charge in [0.2, 0.25) is 0 Å². The number of fused-ring (bicyclic) bond motifs is 12. The number of aromatic nitrogens is 4. The van der Waals surface area contributed by atoms with E-state index in [1.807, 2.05) is 0 Å². The van der Waals surface area contributed by atoms with E-state index >= 15 is 0 Å². The second-order valence-corrected chi connectivity index (χ2v) is 11.5. The van der Waals surface area contributed by atoms with Crippen molar-refractivity contribution in [2.24, 2.45) is 0 Å². The van der Waals surface area contributed by atoms with E-state index in [0.717, 1.165) is 44.0 Å². The van der Waals surface area contributed by atoms with Crippen molar-refractivity contribution in [3.63, 3.8) is 0 Å². The summed E-state index contributed by atoms with van der Waals surface area (Å²) in [5.41, 5.74) is 8.89. The fraction of sp³-hybridized carbons (Fsp3) is 0. The Morgan fingerprint density at radius 2 is 0.659 bits per heavy atom. The maximum Gasteiger partial charge on any atom is 0.0971 e. The fourth-order valence-electron chi connectivity index (χ4n) is 7.33. The van der Waals surface area contributed by atoms with Crippen LogP contribution in [0.5, 0.6) is 0 Å². The molecule has 44 heavy (non-hydrogen) atoms. The standard InChI is InChI=1S/C40H24N4/c1-5-13-35-27(9-1)28-10-2-6-14-36(28)43(35)25-17-19-31-33(23-25)34-24-26(18-20-32(34)40-39(31)41-21-22-42-40)44-37-15-7-3-11-29(37)30-12-4-8-16-38(30)44/h1-24H. The molecule has 0 bridgehead atoms. The van der Waals surface area contributed by atoms with Crippen LogP contribution < -0.4 is 0 Å². The molecular formula is C40H24N4. The normalized spacial score (nSPS) is 12.1. The Morgan fingerprint density at radius 3 is 1.02 bits per heavy atom. The molecule has 0 N–H and O–H groups in total. The van der Waals surface area contributed by atoms with Crippen LogP contribution in [0.1, 0.15) is 0 Å². The van der Waals surface area contributed by atoms with Crippen LogP contribution in [0.25, 0.3) is 87.6 Å². The van der Waals surface area contributed by atoms with Gasteiger partial charge in [0.15, 0.2) is 0 Å². The van der Waals surface area contributed by atoms with Gasteiger partial charge in [-0.25, -0.2) is 0 Å². The van der Waals surface area contributed by atoms with E-state index in [4.69, 9.17) is 9.97 Å². The van der Waals surface area contributed by atoms with Gasteiger partial charge in [-0.2, -0.15) is 0 Å². The Bertz CT molecular complexity index is 2480. The summed E-state index contributed by atoms with van der Waals surface area (Å²) < 4.78 is 4.77. The van der Waals surface area contributed by atoms with E-state index in [1.165, 1.54) is 43.6 Å². The van der Waals surface area contributed by atoms with Crippen LogP contribution >= 0.6 is 0 Å². The summed E-state index contributed by atoms with van der Waals surface area (Å²) >= 11 is 0. The monoisotopic (exact) mass is 560 g/mol. The highest BCUT2D eigenvalue weighted by molar-refractivity contribution is 6.24. The maximum atomic E-state index is 4.83. The summed E-state index contributed by atoms with van der Waals surface area (Å²) in [7, 11) is 0. The molecule has 7 aromatic carbocycles. The molecule has 0 aliphatic carbocycles. The third-order valence-corrected chi connectivity index (χ3v) is 9.18. The SMILES string of the molecule is c1ccc2c(c1)c1ccccc1n2-c1ccc2c(c1)c1cc(-n3c4ccccc4c4ccccc43)ccc1c1nccnc21. The molecular weight excluding hydrogens is 536 g/mol. The smallest absolute Gasteiger partial charge is 0.0971 e. The van der Waals surface area contributed by atoms with Gasteiger partial charge in [0.05, 0.1) is 33.1 Å². The predicted octanol–water partition coefficient (Wildman–Crippen LogP) is 10.1. The summed E-state index contributed by atoms with van der Waals surface area (Å²) in [6.07, 6.45) is 3.59. The molecule has 0 fully saturated rings. The van der Waals surface area contributed by atoms with E-state index < -0.39 is 0 Å². The first-order valence-corrected chi connectivity index (χ1v) is 14.9. The minimum atomic E-state index is 0.924. The molecule has 4 nitrogen and oxygen atoms in total. The minimum Gasteiger partial charge on any atom is -0.309 e. The Balaban J connectivity index is 1.33. The quantitative estimate of drug-likeness (QED) is 0.197. The van der Waals surface area contributed by atoms with Gasteiger partial charge < -0.3 is 9.13 Å². The van der Waals surface area contributed by atoms with Gasteiger partial charge in [-0.1, -0.05) is 84.9 Å². The van der Waals surface area contributed by atoms with Gasteiger partial charge in [0.1, 0.15) is 0 Å². The molecule has 204 valence electrons. The lowest BCUT2D eigenvalue weighted by Gasteiger charge is -2.15. The predicted molar refractivity (Wildman–Crippen MR) is 183 cm³/mol. The van der Waals surface area contributed by atoms with Gasteiger partial charge >= 0.3 is 0 Å². The molecule has 10 rings (SSSR count). The van der Waals surface area contributed by atoms with Crippen molar-refractivity contribution in [2.45, 2.75) is 0 Å². The molecule has 0 saturated heterocycles. The van der Waals surface area contributed by atoms with Crippen molar-refractivity contribution in [2.75, 3.05) is 0 Å². The third-order valence-electron chi connectivity index (χ3n) is 9.18. The largest absolute Gasteiger partial charge is 0.309 e. The first-order valence-electron chi connectivity index (χ1n) is 14.9. The maximum absolute atomic E-state index is 4.83. The number of hydrogen-bond acceptors (Lipinski definition) is 2. The van der Waals surface area contributed by atoms with Crippen LogP contribution in [0.4, 0.5) is 0 Å². The van der Waals surface area contributed by atoms with Crippen molar-refractivity contribution in [3.8, 4) is 11.4 Å². The molecule has 4 heteroatoms. The number of rotatable bonds is 2. The summed E-state index contributed by atoms with van der Waals surface area (Å²) in [5, 5.41) is 9.55. The van der Waals surface area contributed by atoms with Crippen LogP contribution in [0.2, 0.25) is 0 Å². The van der Waals surface area contributed by atoms with Crippen molar-refractivity contribution < 1.29 is 0 Å². The van der Waals surface area contributed by atoms with Crippen molar-refractivity contribution in [1.29, 1.82) is 0 Å². The van der Waals surface area contributed by atoms with Crippen LogP contribution in [0.3, 0.4) is 0 Å². The van der Waals surface area contributed by atoms with E-state index in [2.05, 4.69) is 143 Å². The van der Waals surface area contributed by atoms with Crippen LogP contribution in [-0.2, 0) is 0 Å². The van der Waals surface area contributed by atoms with Crippen LogP contribution in [-0.4, -0.2) is 19.1 Å². The van der Waals surface area contributed by atoms with E-state index in [-0.39, 0.29) is 0 Å². The average Bonchev–Trinajstić information content (AvgIpc) is 3.61. The Labute approximate surface area is 252 Å². The lowest BCUT2D eigenvalue weighted by molar-refractivity contribution is 1.18. The van der Waals surface area contributed by atoms with E-state index in [0.29, 0.717) is 0 Å².